The quantitative estimate of drug-likeness (QED) is 0.908. The molecule has 0 aromatic heterocycles. The maximum Gasteiger partial charge on any atom is 0.230 e. The summed E-state index contributed by atoms with van der Waals surface area (Å²) >= 11 is 3.42. The minimum absolute atomic E-state index is 0.188. The van der Waals surface area contributed by atoms with Gasteiger partial charge in [0.1, 0.15) is 0 Å². The molecule has 0 unspecified atom stereocenters. The SMILES string of the molecule is CC(C)CNC(=O)C1(c2ccc(Br)cc2)CC1. The molecule has 0 radical (unpaired) electrons. The van der Waals surface area contributed by atoms with E-state index < -0.39 is 0 Å². The number of carbonyl (C=O) groups excluding carboxylic acids is 1. The zero-order chi connectivity index (χ0) is 12.5. The van der Waals surface area contributed by atoms with Crippen LogP contribution < -0.4 is 5.32 Å². The summed E-state index contributed by atoms with van der Waals surface area (Å²) in [6.07, 6.45) is 1.94. The van der Waals surface area contributed by atoms with Gasteiger partial charge in [0.25, 0.3) is 0 Å². The standard InChI is InChI=1S/C14H18BrNO/c1-10(2)9-16-13(17)14(7-8-14)11-3-5-12(15)6-4-11/h3-6,10H,7-9H2,1-2H3,(H,16,17). The van der Waals surface area contributed by atoms with Gasteiger partial charge in [-0.2, -0.15) is 0 Å². The maximum absolute atomic E-state index is 12.2. The number of benzene rings is 1. The first kappa shape index (κ1) is 12.6. The molecule has 1 aromatic carbocycles. The van der Waals surface area contributed by atoms with E-state index in [4.69, 9.17) is 0 Å². The van der Waals surface area contributed by atoms with E-state index >= 15 is 0 Å². The first-order valence-electron chi connectivity index (χ1n) is 6.09. The minimum atomic E-state index is -0.240. The van der Waals surface area contributed by atoms with Gasteiger partial charge >= 0.3 is 0 Å². The number of nitrogens with one attached hydrogen (secondary N) is 1. The molecule has 0 aliphatic heterocycles. The highest BCUT2D eigenvalue weighted by Gasteiger charge is 2.50. The molecule has 1 fully saturated rings. The Labute approximate surface area is 111 Å². The number of carbonyl (C=O) groups is 1. The van der Waals surface area contributed by atoms with Crippen molar-refractivity contribution in [3.05, 3.63) is 34.3 Å². The third kappa shape index (κ3) is 2.71. The Morgan fingerprint density at radius 3 is 2.41 bits per heavy atom. The van der Waals surface area contributed by atoms with Gasteiger partial charge < -0.3 is 5.32 Å². The van der Waals surface area contributed by atoms with E-state index in [2.05, 4.69) is 35.1 Å². The van der Waals surface area contributed by atoms with Crippen LogP contribution in [0.3, 0.4) is 0 Å². The fraction of sp³-hybridized carbons (Fsp3) is 0.500. The van der Waals surface area contributed by atoms with Crippen molar-refractivity contribution in [3.63, 3.8) is 0 Å². The van der Waals surface area contributed by atoms with Crippen molar-refractivity contribution >= 4 is 21.8 Å². The van der Waals surface area contributed by atoms with Gasteiger partial charge in [-0.25, -0.2) is 0 Å². The molecule has 1 aliphatic rings. The summed E-state index contributed by atoms with van der Waals surface area (Å²) < 4.78 is 1.06. The van der Waals surface area contributed by atoms with Gasteiger partial charge in [-0.1, -0.05) is 41.9 Å². The van der Waals surface area contributed by atoms with Crippen molar-refractivity contribution in [2.45, 2.75) is 32.1 Å². The molecule has 1 amide bonds. The van der Waals surface area contributed by atoms with Crippen LogP contribution in [0.4, 0.5) is 0 Å². The van der Waals surface area contributed by atoms with Gasteiger partial charge in [0, 0.05) is 11.0 Å². The Bertz CT molecular complexity index is 407. The molecule has 0 heterocycles. The lowest BCUT2D eigenvalue weighted by Gasteiger charge is -2.17. The summed E-state index contributed by atoms with van der Waals surface area (Å²) in [5.74, 6) is 0.688. The number of rotatable bonds is 4. The molecule has 92 valence electrons. The van der Waals surface area contributed by atoms with Crippen molar-refractivity contribution in [2.75, 3.05) is 6.54 Å². The summed E-state index contributed by atoms with van der Waals surface area (Å²) in [5, 5.41) is 3.05. The Morgan fingerprint density at radius 2 is 1.94 bits per heavy atom. The molecule has 1 aromatic rings. The van der Waals surface area contributed by atoms with Gasteiger partial charge in [0.2, 0.25) is 5.91 Å². The Hall–Kier alpha value is -0.830. The van der Waals surface area contributed by atoms with E-state index in [-0.39, 0.29) is 11.3 Å². The van der Waals surface area contributed by atoms with Crippen LogP contribution in [0.1, 0.15) is 32.3 Å². The molecule has 0 saturated heterocycles. The smallest absolute Gasteiger partial charge is 0.230 e. The maximum atomic E-state index is 12.2. The number of halogens is 1. The molecule has 17 heavy (non-hydrogen) atoms. The van der Waals surface area contributed by atoms with E-state index in [1.54, 1.807) is 0 Å². The zero-order valence-corrected chi connectivity index (χ0v) is 11.9. The fourth-order valence-electron chi connectivity index (χ4n) is 2.01. The van der Waals surface area contributed by atoms with E-state index in [0.717, 1.165) is 29.4 Å². The Kier molecular flexibility index (Phi) is 3.57. The number of amides is 1. The molecule has 3 heteroatoms. The largest absolute Gasteiger partial charge is 0.355 e. The second-order valence-electron chi connectivity index (χ2n) is 5.19. The Morgan fingerprint density at radius 1 is 1.35 bits per heavy atom. The summed E-state index contributed by atoms with van der Waals surface area (Å²) in [7, 11) is 0. The third-order valence-electron chi connectivity index (χ3n) is 3.25. The summed E-state index contributed by atoms with van der Waals surface area (Å²) in [5.41, 5.74) is 0.900. The van der Waals surface area contributed by atoms with Crippen LogP contribution in [0, 0.1) is 5.92 Å². The van der Waals surface area contributed by atoms with Crippen molar-refractivity contribution < 1.29 is 4.79 Å². The molecule has 0 bridgehead atoms. The summed E-state index contributed by atoms with van der Waals surface area (Å²) in [6.45, 7) is 4.98. The van der Waals surface area contributed by atoms with Crippen molar-refractivity contribution in [1.82, 2.24) is 5.32 Å². The summed E-state index contributed by atoms with van der Waals surface area (Å²) in [4.78, 5) is 12.2. The van der Waals surface area contributed by atoms with Crippen LogP contribution in [0.2, 0.25) is 0 Å². The third-order valence-corrected chi connectivity index (χ3v) is 3.78. The van der Waals surface area contributed by atoms with Crippen LogP contribution in [0.5, 0.6) is 0 Å². The molecule has 0 spiro atoms. The first-order chi connectivity index (χ1) is 8.04. The zero-order valence-electron chi connectivity index (χ0n) is 10.3. The summed E-state index contributed by atoms with van der Waals surface area (Å²) in [6, 6.07) is 8.11. The minimum Gasteiger partial charge on any atom is -0.355 e. The van der Waals surface area contributed by atoms with Crippen molar-refractivity contribution in [1.29, 1.82) is 0 Å². The average Bonchev–Trinajstić information content (AvgIpc) is 3.08. The van der Waals surface area contributed by atoms with Crippen LogP contribution in [-0.4, -0.2) is 12.5 Å². The van der Waals surface area contributed by atoms with E-state index in [0.29, 0.717) is 5.92 Å². The van der Waals surface area contributed by atoms with E-state index in [1.165, 1.54) is 0 Å². The number of hydrogen-bond acceptors (Lipinski definition) is 1. The molecule has 0 atom stereocenters. The van der Waals surface area contributed by atoms with Crippen LogP contribution in [-0.2, 0) is 10.2 Å². The van der Waals surface area contributed by atoms with Gasteiger partial charge in [-0.05, 0) is 36.5 Å². The predicted octanol–water partition coefficient (Wildman–Crippen LogP) is 3.25. The molecule has 1 aliphatic carbocycles. The molecule has 2 nitrogen and oxygen atoms in total. The molecule has 2 rings (SSSR count). The normalized spacial score (nSPS) is 16.9. The lowest BCUT2D eigenvalue weighted by atomic mass is 9.95. The first-order valence-corrected chi connectivity index (χ1v) is 6.88. The second kappa shape index (κ2) is 4.81. The molecule has 1 saturated carbocycles. The van der Waals surface area contributed by atoms with Crippen LogP contribution in [0.15, 0.2) is 28.7 Å². The van der Waals surface area contributed by atoms with Crippen molar-refractivity contribution in [3.8, 4) is 0 Å². The molecular weight excluding hydrogens is 278 g/mol. The van der Waals surface area contributed by atoms with Crippen LogP contribution in [0.25, 0.3) is 0 Å². The van der Waals surface area contributed by atoms with Gasteiger partial charge in [0.15, 0.2) is 0 Å². The lowest BCUT2D eigenvalue weighted by molar-refractivity contribution is -0.123. The highest BCUT2D eigenvalue weighted by molar-refractivity contribution is 9.10. The van der Waals surface area contributed by atoms with Gasteiger partial charge in [-0.15, -0.1) is 0 Å². The molecule has 1 N–H and O–H groups in total. The van der Waals surface area contributed by atoms with Crippen molar-refractivity contribution in [2.24, 2.45) is 5.92 Å². The number of hydrogen-bond donors (Lipinski definition) is 1. The van der Waals surface area contributed by atoms with Crippen LogP contribution >= 0.6 is 15.9 Å². The van der Waals surface area contributed by atoms with E-state index in [9.17, 15) is 4.79 Å². The average molecular weight is 296 g/mol. The topological polar surface area (TPSA) is 29.1 Å². The highest BCUT2D eigenvalue weighted by Crippen LogP contribution is 2.48. The highest BCUT2D eigenvalue weighted by atomic mass is 79.9. The van der Waals surface area contributed by atoms with Gasteiger partial charge in [-0.3, -0.25) is 4.79 Å². The lowest BCUT2D eigenvalue weighted by Crippen LogP contribution is -2.36. The van der Waals surface area contributed by atoms with E-state index in [1.807, 2.05) is 24.3 Å². The Balaban J connectivity index is 2.08. The molecular formula is C14H18BrNO. The second-order valence-corrected chi connectivity index (χ2v) is 6.11. The monoisotopic (exact) mass is 295 g/mol. The van der Waals surface area contributed by atoms with Gasteiger partial charge in [0.05, 0.1) is 5.41 Å². The fourth-order valence-corrected chi connectivity index (χ4v) is 2.27. The predicted molar refractivity (Wildman–Crippen MR) is 72.9 cm³/mol.